The summed E-state index contributed by atoms with van der Waals surface area (Å²) in [5, 5.41) is 7.50. The molecule has 3 aliphatic heterocycles. The topological polar surface area (TPSA) is 15.5 Å². The number of rotatable bonds is 2. The largest absolute Gasteiger partial charge is 0.455 e. The molecule has 0 fully saturated rings. The van der Waals surface area contributed by atoms with Crippen LogP contribution in [-0.2, 0) is 10.8 Å². The van der Waals surface area contributed by atoms with Crippen molar-refractivity contribution < 1.29 is 4.74 Å². The van der Waals surface area contributed by atoms with Gasteiger partial charge in [-0.25, -0.2) is 0 Å². The van der Waals surface area contributed by atoms with Crippen molar-refractivity contribution in [1.82, 2.24) is 4.58 Å². The minimum absolute atomic E-state index is 0.122. The smallest absolute Gasteiger partial charge is 0.221 e. The number of hydrogen-bond donors (Lipinski definition) is 0. The molecule has 0 bridgehead atoms. The maximum absolute atomic E-state index is 7.47. The van der Waals surface area contributed by atoms with E-state index in [1.165, 1.54) is 77.0 Å². The molecule has 0 aliphatic carbocycles. The van der Waals surface area contributed by atoms with Crippen molar-refractivity contribution in [2.75, 3.05) is 18.0 Å². The van der Waals surface area contributed by atoms with Crippen LogP contribution in [0.5, 0.6) is 11.5 Å². The van der Waals surface area contributed by atoms with Crippen LogP contribution in [0.1, 0.15) is 55.5 Å². The number of anilines is 2. The van der Waals surface area contributed by atoms with Crippen LogP contribution in [0, 0.1) is 13.8 Å². The molecule has 6 aromatic rings. The Morgan fingerprint density at radius 3 is 1.93 bits per heavy atom. The molecule has 3 heterocycles. The van der Waals surface area contributed by atoms with E-state index in [0.29, 0.717) is 0 Å². The van der Waals surface area contributed by atoms with Crippen molar-refractivity contribution in [3.8, 4) is 11.5 Å². The van der Waals surface area contributed by atoms with Crippen LogP contribution in [0.15, 0.2) is 97.1 Å². The summed E-state index contributed by atoms with van der Waals surface area (Å²) in [5.41, 5.74) is 9.83. The fraction of sp³-hybridized carbons (Fsp3) is 0.233. The first-order valence-corrected chi connectivity index (χ1v) is 16.5. The molecule has 0 radical (unpaired) electrons. The summed E-state index contributed by atoms with van der Waals surface area (Å²) in [6.07, 6.45) is 2.44. The molecule has 9 rings (SSSR count). The van der Waals surface area contributed by atoms with Crippen LogP contribution in [0.3, 0.4) is 0 Å². The summed E-state index contributed by atoms with van der Waals surface area (Å²) in [4.78, 5) is 2.52. The molecule has 0 saturated carbocycles. The van der Waals surface area contributed by atoms with E-state index < -0.39 is 0 Å². The molecule has 46 heavy (non-hydrogen) atoms. The van der Waals surface area contributed by atoms with Gasteiger partial charge in [-0.3, -0.25) is 0 Å². The van der Waals surface area contributed by atoms with Gasteiger partial charge in [0.2, 0.25) is 11.0 Å². The predicted molar refractivity (Wildman–Crippen MR) is 192 cm³/mol. The van der Waals surface area contributed by atoms with Gasteiger partial charge in [-0.2, -0.15) is 4.58 Å². The minimum atomic E-state index is -0.122. The second-order valence-corrected chi connectivity index (χ2v) is 14.9. The first-order chi connectivity index (χ1) is 22.1. The number of nitrogens with zero attached hydrogens (tertiary/aromatic N) is 2. The van der Waals surface area contributed by atoms with Crippen LogP contribution in [0.2, 0.25) is 0 Å². The molecule has 0 unspecified atom stereocenters. The summed E-state index contributed by atoms with van der Waals surface area (Å²) in [5.74, 6) is 2.03. The average Bonchev–Trinajstić information content (AvgIpc) is 3.51. The number of fused-ring (bicyclic) bond motifs is 12. The lowest BCUT2D eigenvalue weighted by Crippen LogP contribution is -2.29. The van der Waals surface area contributed by atoms with E-state index in [9.17, 15) is 0 Å². The molecular weight excluding hydrogens is 560 g/mol. The molecule has 0 saturated heterocycles. The molecule has 0 N–H and O–H groups in total. The van der Waals surface area contributed by atoms with Crippen molar-refractivity contribution in [3.63, 3.8) is 0 Å². The summed E-state index contributed by atoms with van der Waals surface area (Å²) in [7, 11) is 0. The maximum atomic E-state index is 7.47. The van der Waals surface area contributed by atoms with Crippen LogP contribution in [-0.4, -0.2) is 13.1 Å². The quantitative estimate of drug-likeness (QED) is 0.184. The second kappa shape index (κ2) is 9.33. The number of aryl methyl sites for hydroxylation is 2. The third-order valence-corrected chi connectivity index (χ3v) is 10.5. The van der Waals surface area contributed by atoms with E-state index in [0.717, 1.165) is 24.6 Å². The van der Waals surface area contributed by atoms with Crippen molar-refractivity contribution in [1.29, 1.82) is 0 Å². The van der Waals surface area contributed by atoms with Crippen molar-refractivity contribution in [2.24, 2.45) is 0 Å². The number of hydrogen-bond acceptors (Lipinski definition) is 2. The standard InChI is InChI=1S/C43H39N2O/c1-26-15-19-28(20-16-26)44-24-42(3,4)36-38(44)32-13-9-7-11-30(32)34-23-35-31-12-8-10-14-33(31)39-37(41(35)46-40(34)36)43(5,6)25-45(39)29-21-17-27(2)18-22-29/h7-23H,24-25H2,1-6H3/q+1. The van der Waals surface area contributed by atoms with Crippen LogP contribution in [0.25, 0.3) is 27.6 Å². The van der Waals surface area contributed by atoms with E-state index in [4.69, 9.17) is 4.74 Å². The SMILES string of the molecule is Cc1ccc(N2CC(C)(C)c3c4c(c5ccccc5c32)C=c2c(c3c(c5ccccc25)=[N+](c2ccc(C)cc2)CC3(C)C)O4)cc1. The number of ether oxygens (including phenoxy) is 1. The molecule has 6 aromatic carbocycles. The molecular formula is C43H39N2O+. The Morgan fingerprint density at radius 2 is 1.24 bits per heavy atom. The van der Waals surface area contributed by atoms with Gasteiger partial charge in [-0.05, 0) is 62.7 Å². The highest BCUT2D eigenvalue weighted by Gasteiger charge is 2.46. The highest BCUT2D eigenvalue weighted by atomic mass is 16.5. The molecule has 0 atom stereocenters. The van der Waals surface area contributed by atoms with Gasteiger partial charge < -0.3 is 9.64 Å². The third kappa shape index (κ3) is 3.75. The molecule has 226 valence electrons. The zero-order valence-corrected chi connectivity index (χ0v) is 27.5. The Labute approximate surface area is 270 Å². The third-order valence-electron chi connectivity index (χ3n) is 10.5. The average molecular weight is 600 g/mol. The molecule has 3 aliphatic rings. The van der Waals surface area contributed by atoms with Gasteiger partial charge in [0.1, 0.15) is 11.5 Å². The minimum Gasteiger partial charge on any atom is -0.455 e. The molecule has 0 aromatic heterocycles. The van der Waals surface area contributed by atoms with Gasteiger partial charge in [-0.1, -0.05) is 91.7 Å². The fourth-order valence-corrected chi connectivity index (χ4v) is 8.41. The zero-order chi connectivity index (χ0) is 31.5. The highest BCUT2D eigenvalue weighted by Crippen LogP contribution is 2.56. The van der Waals surface area contributed by atoms with Gasteiger partial charge in [0.05, 0.1) is 22.1 Å². The predicted octanol–water partition coefficient (Wildman–Crippen LogP) is 9.09. The fourth-order valence-electron chi connectivity index (χ4n) is 8.41. The van der Waals surface area contributed by atoms with Crippen LogP contribution in [0.4, 0.5) is 17.1 Å². The molecule has 0 spiro atoms. The molecule has 3 nitrogen and oxygen atoms in total. The van der Waals surface area contributed by atoms with E-state index >= 15 is 0 Å². The zero-order valence-electron chi connectivity index (χ0n) is 27.5. The van der Waals surface area contributed by atoms with E-state index in [1.54, 1.807) is 0 Å². The Bertz CT molecular complexity index is 2400. The summed E-state index contributed by atoms with van der Waals surface area (Å²) in [6, 6.07) is 35.8. The van der Waals surface area contributed by atoms with E-state index in [1.807, 2.05) is 0 Å². The van der Waals surface area contributed by atoms with Gasteiger partial charge in [0.25, 0.3) is 0 Å². The van der Waals surface area contributed by atoms with Crippen LogP contribution >= 0.6 is 0 Å². The lowest BCUT2D eigenvalue weighted by molar-refractivity contribution is 0.428. The second-order valence-electron chi connectivity index (χ2n) is 14.9. The van der Waals surface area contributed by atoms with Gasteiger partial charge in [0.15, 0.2) is 6.54 Å². The van der Waals surface area contributed by atoms with Crippen molar-refractivity contribution in [3.05, 3.63) is 135 Å². The van der Waals surface area contributed by atoms with Gasteiger partial charge >= 0.3 is 0 Å². The summed E-state index contributed by atoms with van der Waals surface area (Å²) in [6.45, 7) is 15.6. The Kier molecular flexibility index (Phi) is 5.56. The van der Waals surface area contributed by atoms with Crippen molar-refractivity contribution in [2.45, 2.75) is 52.4 Å². The normalized spacial score (nSPS) is 16.9. The highest BCUT2D eigenvalue weighted by molar-refractivity contribution is 6.07. The van der Waals surface area contributed by atoms with E-state index in [2.05, 4.69) is 154 Å². The summed E-state index contributed by atoms with van der Waals surface area (Å²) >= 11 is 0. The Morgan fingerprint density at radius 1 is 0.630 bits per heavy atom. The molecule has 3 heteroatoms. The Hall–Kier alpha value is -4.89. The number of benzene rings is 6. The first kappa shape index (κ1) is 27.4. The summed E-state index contributed by atoms with van der Waals surface area (Å²) < 4.78 is 9.99. The van der Waals surface area contributed by atoms with Crippen molar-refractivity contribution >= 4 is 44.7 Å². The lowest BCUT2D eigenvalue weighted by atomic mass is 9.81. The first-order valence-electron chi connectivity index (χ1n) is 16.5. The Balaban J connectivity index is 1.41. The maximum Gasteiger partial charge on any atom is 0.221 e. The van der Waals surface area contributed by atoms with Gasteiger partial charge in [0, 0.05) is 51.5 Å². The van der Waals surface area contributed by atoms with E-state index in [-0.39, 0.29) is 10.8 Å². The van der Waals surface area contributed by atoms with Gasteiger partial charge in [-0.15, -0.1) is 0 Å². The van der Waals surface area contributed by atoms with Crippen LogP contribution < -0.4 is 24.8 Å². The lowest BCUT2D eigenvalue weighted by Gasteiger charge is -2.28. The monoisotopic (exact) mass is 599 g/mol. The molecule has 0 amide bonds.